The second-order valence-electron chi connectivity index (χ2n) is 6.17. The zero-order valence-electron chi connectivity index (χ0n) is 14.8. The number of nitrogens with zero attached hydrogens (tertiary/aromatic N) is 4. The lowest BCUT2D eigenvalue weighted by Crippen LogP contribution is -2.20. The van der Waals surface area contributed by atoms with Crippen molar-refractivity contribution in [1.29, 1.82) is 0 Å². The Balaban J connectivity index is 1.76. The molecule has 6 nitrogen and oxygen atoms in total. The number of hydrogen-bond donors (Lipinski definition) is 1. The minimum absolute atomic E-state index is 0.281. The molecule has 1 aromatic carbocycles. The average Bonchev–Trinajstić information content (AvgIpc) is 2.90. The highest BCUT2D eigenvalue weighted by Gasteiger charge is 2.15. The van der Waals surface area contributed by atoms with Gasteiger partial charge in [-0.1, -0.05) is 18.2 Å². The highest BCUT2D eigenvalue weighted by Crippen LogP contribution is 2.13. The van der Waals surface area contributed by atoms with Gasteiger partial charge in [0.25, 0.3) is 5.91 Å². The van der Waals surface area contributed by atoms with Crippen LogP contribution < -0.4 is 10.3 Å². The second-order valence-corrected chi connectivity index (χ2v) is 6.17. The fraction of sp³-hybridized carbons (Fsp3) is 0.211. The van der Waals surface area contributed by atoms with Crippen molar-refractivity contribution in [2.75, 3.05) is 19.0 Å². The standard InChI is InChI=1S/C19H21N5O/c1-13-5-10-17-21-14(2)18(24(17)12-13)19(25)22-20-11-15-6-8-16(9-7-15)23(3)4/h5-12H,1-4H3,(H,22,25). The van der Waals surface area contributed by atoms with Crippen LogP contribution in [0.1, 0.15) is 27.3 Å². The Morgan fingerprint density at radius 2 is 1.88 bits per heavy atom. The lowest BCUT2D eigenvalue weighted by atomic mass is 10.2. The molecule has 3 aromatic rings. The first-order valence-corrected chi connectivity index (χ1v) is 8.02. The van der Waals surface area contributed by atoms with E-state index in [0.29, 0.717) is 11.4 Å². The number of nitrogens with one attached hydrogen (secondary N) is 1. The van der Waals surface area contributed by atoms with Crippen molar-refractivity contribution in [1.82, 2.24) is 14.8 Å². The van der Waals surface area contributed by atoms with Crippen LogP contribution in [0.2, 0.25) is 0 Å². The number of aromatic nitrogens is 2. The Hall–Kier alpha value is -3.15. The molecular formula is C19H21N5O. The molecule has 6 heteroatoms. The monoisotopic (exact) mass is 335 g/mol. The van der Waals surface area contributed by atoms with E-state index in [0.717, 1.165) is 22.5 Å². The molecule has 0 radical (unpaired) electrons. The molecule has 0 atom stereocenters. The van der Waals surface area contributed by atoms with Gasteiger partial charge in [0.2, 0.25) is 0 Å². The van der Waals surface area contributed by atoms with Gasteiger partial charge in [-0.25, -0.2) is 10.4 Å². The molecule has 128 valence electrons. The molecule has 0 bridgehead atoms. The number of hydrogen-bond acceptors (Lipinski definition) is 4. The summed E-state index contributed by atoms with van der Waals surface area (Å²) < 4.78 is 1.79. The van der Waals surface area contributed by atoms with E-state index in [1.54, 1.807) is 10.6 Å². The molecule has 2 aromatic heterocycles. The van der Waals surface area contributed by atoms with Crippen LogP contribution in [-0.2, 0) is 0 Å². The Labute approximate surface area is 146 Å². The van der Waals surface area contributed by atoms with Crippen molar-refractivity contribution in [3.63, 3.8) is 0 Å². The van der Waals surface area contributed by atoms with Crippen LogP contribution in [0.4, 0.5) is 5.69 Å². The molecular weight excluding hydrogens is 314 g/mol. The summed E-state index contributed by atoms with van der Waals surface area (Å²) in [6.07, 6.45) is 3.52. The highest BCUT2D eigenvalue weighted by atomic mass is 16.2. The summed E-state index contributed by atoms with van der Waals surface area (Å²) in [5.41, 5.74) is 7.58. The molecule has 25 heavy (non-hydrogen) atoms. The van der Waals surface area contributed by atoms with Gasteiger partial charge >= 0.3 is 0 Å². The van der Waals surface area contributed by atoms with Crippen LogP contribution in [-0.4, -0.2) is 35.6 Å². The Morgan fingerprint density at radius 1 is 1.16 bits per heavy atom. The normalized spacial score (nSPS) is 11.2. The number of fused-ring (bicyclic) bond motifs is 1. The van der Waals surface area contributed by atoms with E-state index in [-0.39, 0.29) is 5.91 Å². The maximum absolute atomic E-state index is 12.5. The number of carbonyl (C=O) groups is 1. The molecule has 1 amide bonds. The second kappa shape index (κ2) is 6.76. The van der Waals surface area contributed by atoms with Gasteiger partial charge in [-0.05, 0) is 43.2 Å². The molecule has 0 saturated heterocycles. The molecule has 0 aliphatic carbocycles. The Morgan fingerprint density at radius 3 is 2.56 bits per heavy atom. The van der Waals surface area contributed by atoms with Crippen molar-refractivity contribution in [3.8, 4) is 0 Å². The number of amides is 1. The molecule has 0 aliphatic heterocycles. The van der Waals surface area contributed by atoms with Crippen LogP contribution in [0, 0.1) is 13.8 Å². The summed E-state index contributed by atoms with van der Waals surface area (Å²) in [4.78, 5) is 18.9. The number of pyridine rings is 1. The SMILES string of the molecule is Cc1ccc2nc(C)c(C(=O)NN=Cc3ccc(N(C)C)cc3)n2c1. The molecule has 2 heterocycles. The van der Waals surface area contributed by atoms with E-state index in [1.165, 1.54) is 0 Å². The van der Waals surface area contributed by atoms with Gasteiger partial charge < -0.3 is 4.90 Å². The van der Waals surface area contributed by atoms with Gasteiger partial charge in [0, 0.05) is 26.0 Å². The lowest BCUT2D eigenvalue weighted by Gasteiger charge is -2.11. The van der Waals surface area contributed by atoms with E-state index < -0.39 is 0 Å². The van der Waals surface area contributed by atoms with Crippen molar-refractivity contribution in [2.45, 2.75) is 13.8 Å². The minimum atomic E-state index is -0.281. The van der Waals surface area contributed by atoms with Gasteiger partial charge in [0.15, 0.2) is 0 Å². The van der Waals surface area contributed by atoms with Crippen LogP contribution in [0.15, 0.2) is 47.7 Å². The van der Waals surface area contributed by atoms with Crippen molar-refractivity contribution in [3.05, 3.63) is 65.1 Å². The van der Waals surface area contributed by atoms with Crippen LogP contribution >= 0.6 is 0 Å². The number of hydrazone groups is 1. The summed E-state index contributed by atoms with van der Waals surface area (Å²) in [6.45, 7) is 3.80. The van der Waals surface area contributed by atoms with Gasteiger partial charge in [-0.2, -0.15) is 5.10 Å². The maximum atomic E-state index is 12.5. The number of anilines is 1. The molecule has 0 aliphatic rings. The lowest BCUT2D eigenvalue weighted by molar-refractivity contribution is 0.0948. The van der Waals surface area contributed by atoms with Crippen molar-refractivity contribution < 1.29 is 4.79 Å². The predicted octanol–water partition coefficient (Wildman–Crippen LogP) is 2.78. The number of imidazole rings is 1. The number of rotatable bonds is 4. The largest absolute Gasteiger partial charge is 0.378 e. The first-order valence-electron chi connectivity index (χ1n) is 8.02. The zero-order valence-corrected chi connectivity index (χ0v) is 14.8. The highest BCUT2D eigenvalue weighted by molar-refractivity contribution is 5.95. The third-order valence-electron chi connectivity index (χ3n) is 3.94. The van der Waals surface area contributed by atoms with Gasteiger partial charge in [-0.3, -0.25) is 9.20 Å². The predicted molar refractivity (Wildman–Crippen MR) is 100 cm³/mol. The molecule has 1 N–H and O–H groups in total. The fourth-order valence-electron chi connectivity index (χ4n) is 2.62. The third kappa shape index (κ3) is 3.52. The van der Waals surface area contributed by atoms with E-state index in [4.69, 9.17) is 0 Å². The van der Waals surface area contributed by atoms with E-state index in [9.17, 15) is 4.79 Å². The summed E-state index contributed by atoms with van der Waals surface area (Å²) in [6, 6.07) is 11.8. The van der Waals surface area contributed by atoms with Gasteiger partial charge in [0.1, 0.15) is 11.3 Å². The smallest absolute Gasteiger partial charge is 0.290 e. The number of carbonyl (C=O) groups excluding carboxylic acids is 1. The summed E-state index contributed by atoms with van der Waals surface area (Å²) >= 11 is 0. The van der Waals surface area contributed by atoms with Crippen molar-refractivity contribution in [2.24, 2.45) is 5.10 Å². The van der Waals surface area contributed by atoms with Gasteiger partial charge in [-0.15, -0.1) is 0 Å². The number of aryl methyl sites for hydroxylation is 2. The van der Waals surface area contributed by atoms with Gasteiger partial charge in [0.05, 0.1) is 11.9 Å². The molecule has 0 saturated carbocycles. The third-order valence-corrected chi connectivity index (χ3v) is 3.94. The zero-order chi connectivity index (χ0) is 18.0. The first-order chi connectivity index (χ1) is 12.0. The maximum Gasteiger partial charge on any atom is 0.290 e. The topological polar surface area (TPSA) is 62.0 Å². The molecule has 0 fully saturated rings. The molecule has 3 rings (SSSR count). The Bertz CT molecular complexity index is 938. The van der Waals surface area contributed by atoms with Crippen LogP contribution in [0.3, 0.4) is 0 Å². The quantitative estimate of drug-likeness (QED) is 0.589. The summed E-state index contributed by atoms with van der Waals surface area (Å²) in [5.74, 6) is -0.281. The fourth-order valence-corrected chi connectivity index (χ4v) is 2.62. The average molecular weight is 335 g/mol. The van der Waals surface area contributed by atoms with Crippen LogP contribution in [0.25, 0.3) is 5.65 Å². The van der Waals surface area contributed by atoms with E-state index >= 15 is 0 Å². The number of benzene rings is 1. The molecule has 0 spiro atoms. The summed E-state index contributed by atoms with van der Waals surface area (Å²) in [7, 11) is 3.98. The summed E-state index contributed by atoms with van der Waals surface area (Å²) in [5, 5.41) is 4.06. The van der Waals surface area contributed by atoms with E-state index in [2.05, 4.69) is 15.5 Å². The molecule has 0 unspecified atom stereocenters. The Kier molecular flexibility index (Phi) is 4.52. The van der Waals surface area contributed by atoms with Crippen molar-refractivity contribution >= 4 is 23.5 Å². The first kappa shape index (κ1) is 16.7. The van der Waals surface area contributed by atoms with Crippen LogP contribution in [0.5, 0.6) is 0 Å². The van der Waals surface area contributed by atoms with E-state index in [1.807, 2.05) is 75.4 Å². The minimum Gasteiger partial charge on any atom is -0.378 e.